The van der Waals surface area contributed by atoms with Crippen LogP contribution in [0.4, 0.5) is 0 Å². The molecule has 0 aliphatic carbocycles. The molecule has 0 amide bonds. The molecule has 0 bridgehead atoms. The zero-order valence-electron chi connectivity index (χ0n) is 9.36. The van der Waals surface area contributed by atoms with E-state index in [-0.39, 0.29) is 0 Å². The highest BCUT2D eigenvalue weighted by atomic mass is 32.1. The van der Waals surface area contributed by atoms with E-state index < -0.39 is 0 Å². The molecule has 4 nitrogen and oxygen atoms in total. The van der Waals surface area contributed by atoms with E-state index >= 15 is 0 Å². The van der Waals surface area contributed by atoms with Gasteiger partial charge in [0.25, 0.3) is 0 Å². The third kappa shape index (κ3) is 3.36. The molecule has 5 heteroatoms. The van der Waals surface area contributed by atoms with Gasteiger partial charge < -0.3 is 19.9 Å². The predicted octanol–water partition coefficient (Wildman–Crippen LogP) is 1.35. The molecule has 0 aliphatic rings. The van der Waals surface area contributed by atoms with E-state index in [4.69, 9.17) is 32.2 Å². The summed E-state index contributed by atoms with van der Waals surface area (Å²) < 4.78 is 15.5. The average molecular weight is 241 g/mol. The molecule has 0 spiro atoms. The van der Waals surface area contributed by atoms with Crippen molar-refractivity contribution in [3.8, 4) is 11.5 Å². The number of methoxy groups -OCH3 is 2. The molecule has 16 heavy (non-hydrogen) atoms. The van der Waals surface area contributed by atoms with E-state index in [0.717, 1.165) is 5.56 Å². The highest BCUT2D eigenvalue weighted by Crippen LogP contribution is 2.27. The van der Waals surface area contributed by atoms with Crippen molar-refractivity contribution < 1.29 is 14.2 Å². The zero-order valence-corrected chi connectivity index (χ0v) is 10.2. The Kier molecular flexibility index (Phi) is 5.01. The Labute approximate surface area is 100 Å². The Morgan fingerprint density at radius 3 is 2.56 bits per heavy atom. The summed E-state index contributed by atoms with van der Waals surface area (Å²) in [5.74, 6) is 1.26. The maximum absolute atomic E-state index is 5.52. The van der Waals surface area contributed by atoms with E-state index in [1.165, 1.54) is 0 Å². The SMILES string of the molecule is COCCOc1ccc(C(N)=S)cc1OC. The molecular formula is C11H15NO3S. The van der Waals surface area contributed by atoms with Gasteiger partial charge in [-0.05, 0) is 18.2 Å². The Morgan fingerprint density at radius 1 is 1.25 bits per heavy atom. The van der Waals surface area contributed by atoms with E-state index in [1.54, 1.807) is 32.4 Å². The molecule has 0 fully saturated rings. The van der Waals surface area contributed by atoms with Gasteiger partial charge in [-0.2, -0.15) is 0 Å². The summed E-state index contributed by atoms with van der Waals surface area (Å²) in [4.78, 5) is 0.335. The maximum Gasteiger partial charge on any atom is 0.161 e. The second-order valence-electron chi connectivity index (χ2n) is 3.07. The van der Waals surface area contributed by atoms with Gasteiger partial charge in [0.15, 0.2) is 11.5 Å². The first-order valence-corrected chi connectivity index (χ1v) is 5.19. The lowest BCUT2D eigenvalue weighted by Gasteiger charge is -2.11. The third-order valence-electron chi connectivity index (χ3n) is 1.99. The van der Waals surface area contributed by atoms with Crippen LogP contribution < -0.4 is 15.2 Å². The van der Waals surface area contributed by atoms with Crippen molar-refractivity contribution in [2.45, 2.75) is 0 Å². The third-order valence-corrected chi connectivity index (χ3v) is 2.23. The number of hydrogen-bond donors (Lipinski definition) is 1. The first-order chi connectivity index (χ1) is 7.69. The summed E-state index contributed by atoms with van der Waals surface area (Å²) in [6, 6.07) is 5.33. The second-order valence-corrected chi connectivity index (χ2v) is 3.51. The summed E-state index contributed by atoms with van der Waals surface area (Å²) >= 11 is 4.88. The van der Waals surface area contributed by atoms with Crippen LogP contribution in [0.25, 0.3) is 0 Å². The molecule has 0 aromatic heterocycles. The van der Waals surface area contributed by atoms with Crippen LogP contribution in [-0.2, 0) is 4.74 Å². The zero-order chi connectivity index (χ0) is 12.0. The normalized spacial score (nSPS) is 9.88. The van der Waals surface area contributed by atoms with Gasteiger partial charge in [0.05, 0.1) is 13.7 Å². The number of hydrogen-bond acceptors (Lipinski definition) is 4. The van der Waals surface area contributed by atoms with Crippen LogP contribution in [0.3, 0.4) is 0 Å². The summed E-state index contributed by atoms with van der Waals surface area (Å²) in [5.41, 5.74) is 6.28. The van der Waals surface area contributed by atoms with Crippen molar-refractivity contribution in [2.24, 2.45) is 5.73 Å². The van der Waals surface area contributed by atoms with Gasteiger partial charge in [-0.1, -0.05) is 12.2 Å². The minimum atomic E-state index is 0.335. The number of thiocarbonyl (C=S) groups is 1. The molecular weight excluding hydrogens is 226 g/mol. The van der Waals surface area contributed by atoms with Gasteiger partial charge in [0.2, 0.25) is 0 Å². The molecule has 0 unspecified atom stereocenters. The topological polar surface area (TPSA) is 53.7 Å². The standard InChI is InChI=1S/C11H15NO3S/c1-13-5-6-15-9-4-3-8(11(12)16)7-10(9)14-2/h3-4,7H,5-6H2,1-2H3,(H2,12,16). The molecule has 88 valence electrons. The summed E-state index contributed by atoms with van der Waals surface area (Å²) in [6.07, 6.45) is 0. The van der Waals surface area contributed by atoms with Crippen molar-refractivity contribution >= 4 is 17.2 Å². The van der Waals surface area contributed by atoms with Crippen LogP contribution in [-0.4, -0.2) is 32.4 Å². The Morgan fingerprint density at radius 2 is 2.00 bits per heavy atom. The van der Waals surface area contributed by atoms with Crippen LogP contribution in [0.5, 0.6) is 11.5 Å². The highest BCUT2D eigenvalue weighted by molar-refractivity contribution is 7.80. The molecule has 0 saturated heterocycles. The number of ether oxygens (including phenoxy) is 3. The fourth-order valence-electron chi connectivity index (χ4n) is 1.18. The van der Waals surface area contributed by atoms with E-state index in [0.29, 0.717) is 29.7 Å². The Bertz CT molecular complexity index is 368. The first-order valence-electron chi connectivity index (χ1n) is 4.78. The van der Waals surface area contributed by atoms with Gasteiger partial charge in [-0.15, -0.1) is 0 Å². The van der Waals surface area contributed by atoms with Crippen LogP contribution in [0.15, 0.2) is 18.2 Å². The molecule has 0 aliphatic heterocycles. The fourth-order valence-corrected chi connectivity index (χ4v) is 1.30. The van der Waals surface area contributed by atoms with Crippen LogP contribution in [0, 0.1) is 0 Å². The minimum absolute atomic E-state index is 0.335. The fraction of sp³-hybridized carbons (Fsp3) is 0.364. The monoisotopic (exact) mass is 241 g/mol. The van der Waals surface area contributed by atoms with Crippen molar-refractivity contribution in [3.05, 3.63) is 23.8 Å². The molecule has 1 aromatic carbocycles. The van der Waals surface area contributed by atoms with Gasteiger partial charge in [0, 0.05) is 12.7 Å². The molecule has 0 heterocycles. The average Bonchev–Trinajstić information content (AvgIpc) is 2.29. The van der Waals surface area contributed by atoms with Crippen LogP contribution in [0.1, 0.15) is 5.56 Å². The van der Waals surface area contributed by atoms with E-state index in [1.807, 2.05) is 0 Å². The largest absolute Gasteiger partial charge is 0.493 e. The number of nitrogens with two attached hydrogens (primary N) is 1. The van der Waals surface area contributed by atoms with Crippen LogP contribution in [0.2, 0.25) is 0 Å². The van der Waals surface area contributed by atoms with Gasteiger partial charge in [-0.3, -0.25) is 0 Å². The predicted molar refractivity (Wildman–Crippen MR) is 66.3 cm³/mol. The van der Waals surface area contributed by atoms with Crippen molar-refractivity contribution in [1.82, 2.24) is 0 Å². The number of rotatable bonds is 6. The van der Waals surface area contributed by atoms with E-state index in [9.17, 15) is 0 Å². The van der Waals surface area contributed by atoms with Gasteiger partial charge in [-0.25, -0.2) is 0 Å². The maximum atomic E-state index is 5.52. The summed E-state index contributed by atoms with van der Waals surface area (Å²) in [5, 5.41) is 0. The number of benzene rings is 1. The molecule has 0 saturated carbocycles. The smallest absolute Gasteiger partial charge is 0.161 e. The van der Waals surface area contributed by atoms with Crippen molar-refractivity contribution in [2.75, 3.05) is 27.4 Å². The minimum Gasteiger partial charge on any atom is -0.493 e. The quantitative estimate of drug-likeness (QED) is 0.602. The molecule has 0 radical (unpaired) electrons. The molecule has 1 rings (SSSR count). The molecule has 2 N–H and O–H groups in total. The second kappa shape index (κ2) is 6.30. The summed E-state index contributed by atoms with van der Waals surface area (Å²) in [6.45, 7) is 0.999. The van der Waals surface area contributed by atoms with E-state index in [2.05, 4.69) is 0 Å². The molecule has 0 atom stereocenters. The molecule has 1 aromatic rings. The lowest BCUT2D eigenvalue weighted by molar-refractivity contribution is 0.144. The van der Waals surface area contributed by atoms with Crippen molar-refractivity contribution in [3.63, 3.8) is 0 Å². The van der Waals surface area contributed by atoms with Crippen LogP contribution >= 0.6 is 12.2 Å². The lowest BCUT2D eigenvalue weighted by atomic mass is 10.2. The lowest BCUT2D eigenvalue weighted by Crippen LogP contribution is -2.10. The summed E-state index contributed by atoms with van der Waals surface area (Å²) in [7, 11) is 3.19. The van der Waals surface area contributed by atoms with Gasteiger partial charge in [0.1, 0.15) is 11.6 Å². The van der Waals surface area contributed by atoms with Crippen molar-refractivity contribution in [1.29, 1.82) is 0 Å². The Hall–Kier alpha value is -1.33. The van der Waals surface area contributed by atoms with Gasteiger partial charge >= 0.3 is 0 Å². The highest BCUT2D eigenvalue weighted by Gasteiger charge is 2.06. The first kappa shape index (κ1) is 12.7. The Balaban J connectivity index is 2.80.